The molecule has 0 unspecified atom stereocenters. The Bertz CT molecular complexity index is 910. The van der Waals surface area contributed by atoms with Crippen molar-refractivity contribution < 1.29 is 9.18 Å². The summed E-state index contributed by atoms with van der Waals surface area (Å²) in [6.45, 7) is 1.46. The summed E-state index contributed by atoms with van der Waals surface area (Å²) in [5.74, 6) is 0.810. The van der Waals surface area contributed by atoms with E-state index in [0.717, 1.165) is 5.56 Å². The summed E-state index contributed by atoms with van der Waals surface area (Å²) in [5, 5.41) is 11.9. The van der Waals surface area contributed by atoms with Crippen LogP contribution in [-0.2, 0) is 17.6 Å². The quantitative estimate of drug-likeness (QED) is 0.705. The largest absolute Gasteiger partial charge is 0.326 e. The van der Waals surface area contributed by atoms with E-state index in [4.69, 9.17) is 0 Å². The molecule has 1 heterocycles. The normalized spacial score (nSPS) is 10.7. The highest BCUT2D eigenvalue weighted by Gasteiger charge is 2.13. The highest BCUT2D eigenvalue weighted by molar-refractivity contribution is 7.98. The second-order valence-electron chi connectivity index (χ2n) is 5.51. The van der Waals surface area contributed by atoms with E-state index in [1.165, 1.54) is 24.8 Å². The number of thioether (sulfide) groups is 1. The number of hydrogen-bond donors (Lipinski definition) is 1. The molecule has 0 saturated carbocycles. The first kappa shape index (κ1) is 17.2. The Labute approximate surface area is 149 Å². The minimum absolute atomic E-state index is 0.128. The first-order chi connectivity index (χ1) is 12.0. The summed E-state index contributed by atoms with van der Waals surface area (Å²) >= 11 is 1.42. The summed E-state index contributed by atoms with van der Waals surface area (Å²) in [6.07, 6.45) is 0. The molecule has 0 aliphatic heterocycles. The van der Waals surface area contributed by atoms with Gasteiger partial charge in [0.05, 0.1) is 0 Å². The third-order valence-electron chi connectivity index (χ3n) is 3.59. The van der Waals surface area contributed by atoms with E-state index in [1.807, 2.05) is 41.9 Å². The van der Waals surface area contributed by atoms with Gasteiger partial charge in [-0.05, 0) is 23.8 Å². The number of anilines is 1. The van der Waals surface area contributed by atoms with Crippen molar-refractivity contribution in [3.05, 3.63) is 59.9 Å². The first-order valence-corrected chi connectivity index (χ1v) is 8.67. The number of carbonyl (C=O) groups excluding carboxylic acids is 1. The van der Waals surface area contributed by atoms with E-state index in [9.17, 15) is 9.18 Å². The van der Waals surface area contributed by atoms with Crippen LogP contribution in [0, 0.1) is 5.82 Å². The molecule has 0 radical (unpaired) electrons. The number of carbonyl (C=O) groups is 1. The van der Waals surface area contributed by atoms with Crippen molar-refractivity contribution in [1.82, 2.24) is 14.8 Å². The van der Waals surface area contributed by atoms with E-state index in [2.05, 4.69) is 15.5 Å². The van der Waals surface area contributed by atoms with E-state index < -0.39 is 0 Å². The number of nitrogens with zero attached hydrogens (tertiary/aromatic N) is 3. The van der Waals surface area contributed by atoms with Crippen LogP contribution in [-0.4, -0.2) is 20.7 Å². The second-order valence-corrected chi connectivity index (χ2v) is 6.45. The number of halogens is 1. The van der Waals surface area contributed by atoms with Crippen LogP contribution in [0.2, 0.25) is 0 Å². The van der Waals surface area contributed by atoms with E-state index in [-0.39, 0.29) is 11.7 Å². The fraction of sp³-hybridized carbons (Fsp3) is 0.167. The van der Waals surface area contributed by atoms with Gasteiger partial charge in [-0.1, -0.05) is 42.1 Å². The van der Waals surface area contributed by atoms with E-state index in [1.54, 1.807) is 12.1 Å². The average Bonchev–Trinajstić information content (AvgIpc) is 2.94. The Morgan fingerprint density at radius 1 is 1.20 bits per heavy atom. The fourth-order valence-electron chi connectivity index (χ4n) is 2.39. The zero-order valence-electron chi connectivity index (χ0n) is 13.9. The first-order valence-electron chi connectivity index (χ1n) is 7.68. The summed E-state index contributed by atoms with van der Waals surface area (Å²) in [4.78, 5) is 11.2. The third-order valence-corrected chi connectivity index (χ3v) is 4.66. The third kappa shape index (κ3) is 4.06. The highest BCUT2D eigenvalue weighted by atomic mass is 32.2. The zero-order chi connectivity index (χ0) is 17.8. The molecule has 0 bridgehead atoms. The van der Waals surface area contributed by atoms with E-state index >= 15 is 0 Å². The lowest BCUT2D eigenvalue weighted by Gasteiger charge is -2.07. The SMILES string of the molecule is CC(=O)Nc1cccc(-c2nnc(SCc3ccccc3F)n2C)c1. The maximum atomic E-state index is 13.7. The molecule has 25 heavy (non-hydrogen) atoms. The molecule has 0 fully saturated rings. The number of rotatable bonds is 5. The second kappa shape index (κ2) is 7.48. The lowest BCUT2D eigenvalue weighted by atomic mass is 10.2. The van der Waals surface area contributed by atoms with Gasteiger partial charge < -0.3 is 9.88 Å². The van der Waals surface area contributed by atoms with Gasteiger partial charge in [-0.2, -0.15) is 0 Å². The fourth-order valence-corrected chi connectivity index (χ4v) is 3.29. The zero-order valence-corrected chi connectivity index (χ0v) is 14.7. The topological polar surface area (TPSA) is 59.8 Å². The number of amides is 1. The predicted molar refractivity (Wildman–Crippen MR) is 96.7 cm³/mol. The summed E-state index contributed by atoms with van der Waals surface area (Å²) < 4.78 is 15.6. The minimum Gasteiger partial charge on any atom is -0.326 e. The highest BCUT2D eigenvalue weighted by Crippen LogP contribution is 2.27. The molecule has 7 heteroatoms. The lowest BCUT2D eigenvalue weighted by molar-refractivity contribution is -0.114. The van der Waals surface area contributed by atoms with Crippen molar-refractivity contribution in [2.45, 2.75) is 17.8 Å². The summed E-state index contributed by atoms with van der Waals surface area (Å²) in [5.41, 5.74) is 2.18. The van der Waals surface area contributed by atoms with E-state index in [0.29, 0.717) is 28.0 Å². The van der Waals surface area contributed by atoms with Crippen LogP contribution in [0.25, 0.3) is 11.4 Å². The van der Waals surface area contributed by atoms with Crippen LogP contribution >= 0.6 is 11.8 Å². The van der Waals surface area contributed by atoms with Crippen molar-refractivity contribution in [3.8, 4) is 11.4 Å². The number of aromatic nitrogens is 3. The van der Waals surface area contributed by atoms with Gasteiger partial charge in [0.2, 0.25) is 5.91 Å². The van der Waals surface area contributed by atoms with Gasteiger partial charge in [0, 0.05) is 31.0 Å². The molecule has 0 atom stereocenters. The van der Waals surface area contributed by atoms with Gasteiger partial charge in [-0.25, -0.2) is 4.39 Å². The van der Waals surface area contributed by atoms with Crippen LogP contribution in [0.1, 0.15) is 12.5 Å². The Morgan fingerprint density at radius 3 is 2.76 bits per heavy atom. The van der Waals surface area contributed by atoms with Crippen LogP contribution < -0.4 is 5.32 Å². The smallest absolute Gasteiger partial charge is 0.221 e. The Kier molecular flexibility index (Phi) is 5.14. The molecule has 1 N–H and O–H groups in total. The van der Waals surface area contributed by atoms with Crippen LogP contribution in [0.3, 0.4) is 0 Å². The molecule has 3 aromatic rings. The number of hydrogen-bond acceptors (Lipinski definition) is 4. The Balaban J connectivity index is 1.79. The molecule has 1 amide bonds. The van der Waals surface area contributed by atoms with Crippen LogP contribution in [0.5, 0.6) is 0 Å². The predicted octanol–water partition coefficient (Wildman–Crippen LogP) is 3.87. The van der Waals surface area contributed by atoms with Crippen molar-refractivity contribution in [3.63, 3.8) is 0 Å². The van der Waals surface area contributed by atoms with Crippen molar-refractivity contribution in [2.24, 2.45) is 7.05 Å². The Hall–Kier alpha value is -2.67. The monoisotopic (exact) mass is 356 g/mol. The van der Waals surface area contributed by atoms with Gasteiger partial charge in [-0.15, -0.1) is 10.2 Å². The van der Waals surface area contributed by atoms with Crippen molar-refractivity contribution in [1.29, 1.82) is 0 Å². The molecule has 0 spiro atoms. The van der Waals surface area contributed by atoms with Crippen molar-refractivity contribution in [2.75, 3.05) is 5.32 Å². The average molecular weight is 356 g/mol. The Morgan fingerprint density at radius 2 is 2.00 bits per heavy atom. The minimum atomic E-state index is -0.222. The van der Waals surface area contributed by atoms with Gasteiger partial charge in [0.15, 0.2) is 11.0 Å². The molecule has 0 saturated heterocycles. The van der Waals surface area contributed by atoms with Crippen LogP contribution in [0.15, 0.2) is 53.7 Å². The maximum Gasteiger partial charge on any atom is 0.221 e. The molecule has 128 valence electrons. The van der Waals surface area contributed by atoms with Crippen molar-refractivity contribution >= 4 is 23.4 Å². The molecular formula is C18H17FN4OS. The van der Waals surface area contributed by atoms with Gasteiger partial charge >= 0.3 is 0 Å². The molecule has 2 aromatic carbocycles. The van der Waals surface area contributed by atoms with Gasteiger partial charge in [-0.3, -0.25) is 4.79 Å². The lowest BCUT2D eigenvalue weighted by Crippen LogP contribution is -2.05. The molecule has 1 aromatic heterocycles. The molecule has 5 nitrogen and oxygen atoms in total. The molecule has 0 aliphatic rings. The molecular weight excluding hydrogens is 339 g/mol. The standard InChI is InChI=1S/C18H17FN4OS/c1-12(24)20-15-8-5-7-13(10-15)17-21-22-18(23(17)2)25-11-14-6-3-4-9-16(14)19/h3-10H,11H2,1-2H3,(H,20,24). The van der Waals surface area contributed by atoms with Gasteiger partial charge in [0.25, 0.3) is 0 Å². The summed E-state index contributed by atoms with van der Waals surface area (Å²) in [6, 6.07) is 14.1. The molecule has 0 aliphatic carbocycles. The molecule has 3 rings (SSSR count). The summed E-state index contributed by atoms with van der Waals surface area (Å²) in [7, 11) is 1.87. The maximum absolute atomic E-state index is 13.7. The van der Waals surface area contributed by atoms with Gasteiger partial charge in [0.1, 0.15) is 5.82 Å². The number of nitrogens with one attached hydrogen (secondary N) is 1. The van der Waals surface area contributed by atoms with Crippen LogP contribution in [0.4, 0.5) is 10.1 Å². The number of benzene rings is 2.